The second-order valence-electron chi connectivity index (χ2n) is 3.46. The highest BCUT2D eigenvalue weighted by Crippen LogP contribution is 2.27. The summed E-state index contributed by atoms with van der Waals surface area (Å²) in [6.45, 7) is 6.58. The highest BCUT2D eigenvalue weighted by Gasteiger charge is 2.03. The van der Waals surface area contributed by atoms with E-state index >= 15 is 0 Å². The molecule has 2 aromatic rings. The lowest BCUT2D eigenvalue weighted by Crippen LogP contribution is -2.09. The van der Waals surface area contributed by atoms with Crippen LogP contribution in [-0.2, 0) is 11.3 Å². The van der Waals surface area contributed by atoms with Crippen LogP contribution >= 0.6 is 11.3 Å². The van der Waals surface area contributed by atoms with Crippen LogP contribution in [0, 0.1) is 6.92 Å². The Morgan fingerprint density at radius 1 is 1.28 bits per heavy atom. The quantitative estimate of drug-likeness (QED) is 0.858. The maximum Gasteiger partial charge on any atom is 0.207 e. The van der Waals surface area contributed by atoms with Gasteiger partial charge in [-0.2, -0.15) is 0 Å². The van der Waals surface area contributed by atoms with Crippen LogP contribution in [0.2, 0.25) is 0 Å². The summed E-state index contributed by atoms with van der Waals surface area (Å²) in [7, 11) is 0. The number of aryl methyl sites for hydroxylation is 1. The van der Waals surface area contributed by atoms with Crippen molar-refractivity contribution in [3.63, 3.8) is 0 Å². The molecule has 1 heterocycles. The van der Waals surface area contributed by atoms with Gasteiger partial charge in [0.1, 0.15) is 0 Å². The van der Waals surface area contributed by atoms with Crippen LogP contribution in [0.15, 0.2) is 29.8 Å². The van der Waals surface area contributed by atoms with Gasteiger partial charge in [0.2, 0.25) is 6.41 Å². The Kier molecular flexibility index (Phi) is 6.08. The topological polar surface area (TPSA) is 42.0 Å². The zero-order chi connectivity index (χ0) is 13.4. The molecule has 2 rings (SSSR count). The summed E-state index contributed by atoms with van der Waals surface area (Å²) in [5, 5.41) is 2.64. The van der Waals surface area contributed by atoms with Crippen molar-refractivity contribution in [3.8, 4) is 10.4 Å². The molecule has 96 valence electrons. The summed E-state index contributed by atoms with van der Waals surface area (Å²) < 4.78 is 0. The minimum absolute atomic E-state index is 0.575. The second-order valence-corrected chi connectivity index (χ2v) is 4.32. The zero-order valence-electron chi connectivity index (χ0n) is 10.9. The number of benzene rings is 1. The first-order chi connectivity index (χ1) is 8.81. The van der Waals surface area contributed by atoms with E-state index in [1.54, 1.807) is 11.3 Å². The third-order valence-corrected chi connectivity index (χ3v) is 3.33. The average molecular weight is 262 g/mol. The van der Waals surface area contributed by atoms with E-state index in [1.807, 2.05) is 38.4 Å². The number of nitrogens with one attached hydrogen (secondary N) is 1. The van der Waals surface area contributed by atoms with Gasteiger partial charge < -0.3 is 5.32 Å². The van der Waals surface area contributed by atoms with Gasteiger partial charge in [-0.1, -0.05) is 38.1 Å². The lowest BCUT2D eigenvalue weighted by Gasteiger charge is -2.02. The van der Waals surface area contributed by atoms with Gasteiger partial charge in [-0.3, -0.25) is 4.79 Å². The van der Waals surface area contributed by atoms with Crippen LogP contribution in [0.3, 0.4) is 0 Å². The molecule has 3 nitrogen and oxygen atoms in total. The molecule has 1 aromatic heterocycles. The van der Waals surface area contributed by atoms with Gasteiger partial charge in [0.05, 0.1) is 16.1 Å². The number of aromatic nitrogens is 1. The largest absolute Gasteiger partial charge is 0.355 e. The van der Waals surface area contributed by atoms with E-state index in [9.17, 15) is 4.79 Å². The molecular formula is C14H18N2OS. The molecule has 0 aliphatic carbocycles. The number of thiazole rings is 1. The fourth-order valence-corrected chi connectivity index (χ4v) is 2.32. The first kappa shape index (κ1) is 14.4. The summed E-state index contributed by atoms with van der Waals surface area (Å²) >= 11 is 1.64. The highest BCUT2D eigenvalue weighted by molar-refractivity contribution is 7.13. The van der Waals surface area contributed by atoms with Crippen molar-refractivity contribution >= 4 is 17.7 Å². The van der Waals surface area contributed by atoms with Gasteiger partial charge >= 0.3 is 0 Å². The minimum Gasteiger partial charge on any atom is -0.355 e. The summed E-state index contributed by atoms with van der Waals surface area (Å²) in [5.74, 6) is 0. The Labute approximate surface area is 112 Å². The van der Waals surface area contributed by atoms with Gasteiger partial charge in [-0.15, -0.1) is 11.3 Å². The molecule has 4 heteroatoms. The van der Waals surface area contributed by atoms with Crippen molar-refractivity contribution < 1.29 is 4.79 Å². The predicted octanol–water partition coefficient (Wildman–Crippen LogP) is 3.39. The van der Waals surface area contributed by atoms with E-state index in [0.29, 0.717) is 13.0 Å². The molecule has 0 radical (unpaired) electrons. The number of carbonyl (C=O) groups excluding carboxylic acids is 1. The Morgan fingerprint density at radius 3 is 2.44 bits per heavy atom. The van der Waals surface area contributed by atoms with E-state index in [1.165, 1.54) is 10.4 Å². The number of hydrogen-bond acceptors (Lipinski definition) is 3. The number of carbonyl (C=O) groups is 1. The van der Waals surface area contributed by atoms with Crippen molar-refractivity contribution in [3.05, 3.63) is 41.0 Å². The molecule has 0 fully saturated rings. The number of amides is 1. The summed E-state index contributed by atoms with van der Waals surface area (Å²) in [5.41, 5.74) is 5.18. The summed E-state index contributed by atoms with van der Waals surface area (Å²) in [4.78, 5) is 15.6. The van der Waals surface area contributed by atoms with E-state index in [0.717, 1.165) is 11.3 Å². The van der Waals surface area contributed by atoms with Crippen LogP contribution < -0.4 is 5.32 Å². The van der Waals surface area contributed by atoms with Crippen LogP contribution in [0.25, 0.3) is 10.4 Å². The van der Waals surface area contributed by atoms with E-state index in [-0.39, 0.29) is 0 Å². The predicted molar refractivity (Wildman–Crippen MR) is 76.5 cm³/mol. The van der Waals surface area contributed by atoms with Crippen molar-refractivity contribution in [2.45, 2.75) is 27.3 Å². The van der Waals surface area contributed by atoms with E-state index in [4.69, 9.17) is 0 Å². The Hall–Kier alpha value is -1.68. The second kappa shape index (κ2) is 7.61. The maximum absolute atomic E-state index is 10.2. The molecule has 0 spiro atoms. The Bertz CT molecular complexity index is 477. The minimum atomic E-state index is 0.575. The Balaban J connectivity index is 0.000000771. The molecule has 0 bridgehead atoms. The molecule has 1 aromatic carbocycles. The van der Waals surface area contributed by atoms with E-state index < -0.39 is 0 Å². The van der Waals surface area contributed by atoms with Crippen LogP contribution in [0.4, 0.5) is 0 Å². The van der Waals surface area contributed by atoms with Gasteiger partial charge in [-0.05, 0) is 18.1 Å². The van der Waals surface area contributed by atoms with Crippen molar-refractivity contribution in [2.75, 3.05) is 0 Å². The lowest BCUT2D eigenvalue weighted by atomic mass is 10.1. The standard InChI is InChI=1S/C12H12N2OS.C2H6/c1-9-12(16-8-14-9)11-4-2-10(3-5-11)6-13-7-15;1-2/h2-5,7-8H,6H2,1H3,(H,13,15);1-2H3. The molecule has 0 aliphatic rings. The van der Waals surface area contributed by atoms with Crippen LogP contribution in [0.5, 0.6) is 0 Å². The molecule has 1 N–H and O–H groups in total. The molecule has 0 atom stereocenters. The number of hydrogen-bond donors (Lipinski definition) is 1. The third kappa shape index (κ3) is 3.67. The van der Waals surface area contributed by atoms with Gasteiger partial charge in [0.15, 0.2) is 0 Å². The molecule has 0 unspecified atom stereocenters. The molecule has 18 heavy (non-hydrogen) atoms. The monoisotopic (exact) mass is 262 g/mol. The summed E-state index contributed by atoms with van der Waals surface area (Å²) in [6, 6.07) is 8.15. The normalized spacial score (nSPS) is 9.28. The Morgan fingerprint density at radius 2 is 1.94 bits per heavy atom. The third-order valence-electron chi connectivity index (χ3n) is 2.35. The van der Waals surface area contributed by atoms with Crippen LogP contribution in [-0.4, -0.2) is 11.4 Å². The molecule has 0 saturated heterocycles. The van der Waals surface area contributed by atoms with Crippen molar-refractivity contribution in [1.82, 2.24) is 10.3 Å². The summed E-state index contributed by atoms with van der Waals surface area (Å²) in [6.07, 6.45) is 0.710. The zero-order valence-corrected chi connectivity index (χ0v) is 11.8. The maximum atomic E-state index is 10.2. The number of nitrogens with zero attached hydrogens (tertiary/aromatic N) is 1. The van der Waals surface area contributed by atoms with E-state index in [2.05, 4.69) is 22.4 Å². The van der Waals surface area contributed by atoms with Gasteiger partial charge in [-0.25, -0.2) is 4.98 Å². The van der Waals surface area contributed by atoms with Crippen molar-refractivity contribution in [1.29, 1.82) is 0 Å². The SMILES string of the molecule is CC.Cc1ncsc1-c1ccc(CNC=O)cc1. The first-order valence-electron chi connectivity index (χ1n) is 5.97. The van der Waals surface area contributed by atoms with Gasteiger partial charge in [0, 0.05) is 6.54 Å². The number of rotatable bonds is 4. The van der Waals surface area contributed by atoms with Crippen LogP contribution in [0.1, 0.15) is 25.1 Å². The molecule has 0 aliphatic heterocycles. The highest BCUT2D eigenvalue weighted by atomic mass is 32.1. The molecule has 1 amide bonds. The fourth-order valence-electron chi connectivity index (χ4n) is 1.51. The smallest absolute Gasteiger partial charge is 0.207 e. The first-order valence-corrected chi connectivity index (χ1v) is 6.85. The lowest BCUT2D eigenvalue weighted by molar-refractivity contribution is -0.109. The molecular weight excluding hydrogens is 244 g/mol. The fraction of sp³-hybridized carbons (Fsp3) is 0.286. The van der Waals surface area contributed by atoms with Gasteiger partial charge in [0.25, 0.3) is 0 Å². The average Bonchev–Trinajstić information content (AvgIpc) is 2.86. The molecule has 0 saturated carbocycles. The van der Waals surface area contributed by atoms with Crippen molar-refractivity contribution in [2.24, 2.45) is 0 Å².